The lowest BCUT2D eigenvalue weighted by Crippen LogP contribution is -2.82. The van der Waals surface area contributed by atoms with Gasteiger partial charge in [0, 0.05) is 31.5 Å². The minimum absolute atomic E-state index is 0.00521. The smallest absolute Gasteiger partial charge is 0.378 e. The van der Waals surface area contributed by atoms with Crippen LogP contribution in [0, 0.1) is 0 Å². The number of quaternary nitrogens is 1. The maximum atomic E-state index is 13.0. The monoisotopic (exact) mass is 402 g/mol. The molecule has 27 heavy (non-hydrogen) atoms. The number of nitrogens with two attached hydrogens (primary N) is 1. The maximum Gasteiger partial charge on any atom is 0.417 e. The summed E-state index contributed by atoms with van der Waals surface area (Å²) in [5.74, 6) is 0. The van der Waals surface area contributed by atoms with Crippen molar-refractivity contribution in [2.75, 3.05) is 25.5 Å². The molecule has 2 aromatic rings. The molecule has 0 bridgehead atoms. The highest BCUT2D eigenvalue weighted by atomic mass is 35.5. The normalized spacial score (nSPS) is 20.1. The molecule has 1 aromatic carbocycles. The molecule has 1 aliphatic rings. The Balaban J connectivity index is 1.73. The third kappa shape index (κ3) is 4.45. The Labute approximate surface area is 159 Å². The predicted molar refractivity (Wildman–Crippen MR) is 95.9 cm³/mol. The third-order valence-corrected chi connectivity index (χ3v) is 4.73. The first kappa shape index (κ1) is 19.7. The molecule has 1 aliphatic heterocycles. The average Bonchev–Trinajstić information content (AvgIpc) is 3.06. The molecule has 1 aromatic heterocycles. The zero-order chi connectivity index (χ0) is 19.8. The van der Waals surface area contributed by atoms with E-state index in [0.29, 0.717) is 12.6 Å². The summed E-state index contributed by atoms with van der Waals surface area (Å²) >= 11 is 5.69. The van der Waals surface area contributed by atoms with Gasteiger partial charge in [0.15, 0.2) is 0 Å². The van der Waals surface area contributed by atoms with Crippen LogP contribution in [-0.2, 0) is 17.5 Å². The van der Waals surface area contributed by atoms with Crippen molar-refractivity contribution in [2.45, 2.75) is 25.1 Å². The van der Waals surface area contributed by atoms with Gasteiger partial charge in [-0.1, -0.05) is 11.6 Å². The molecule has 2 atom stereocenters. The molecule has 3 rings (SSSR count). The first-order valence-electron chi connectivity index (χ1n) is 8.38. The number of hydrogen-bond donors (Lipinski definition) is 1. The quantitative estimate of drug-likeness (QED) is 0.853. The predicted octanol–water partition coefficient (Wildman–Crippen LogP) is 2.25. The zero-order valence-electron chi connectivity index (χ0n) is 14.8. The highest BCUT2D eigenvalue weighted by Gasteiger charge is 2.34. The van der Waals surface area contributed by atoms with Crippen LogP contribution < -0.4 is 15.8 Å². The second-order valence-electron chi connectivity index (χ2n) is 6.67. The standard InChI is InChI=1S/C18H19ClF3N3O2/c1-24(2)13-5-3-11(4-6-13)16-23-8-14(27-16)10-25-9-12(18(20,21)22)7-15(19)17(25)26/h3-7,9,14,16,23H,8,10H2,1-2H3/p+1/t14-,16+/m0/s1. The van der Waals surface area contributed by atoms with Crippen molar-refractivity contribution in [3.63, 3.8) is 0 Å². The summed E-state index contributed by atoms with van der Waals surface area (Å²) in [4.78, 5) is 14.1. The number of nitrogens with zero attached hydrogens (tertiary/aromatic N) is 2. The highest BCUT2D eigenvalue weighted by Crippen LogP contribution is 2.30. The summed E-state index contributed by atoms with van der Waals surface area (Å²) in [6.07, 6.45) is -4.45. The summed E-state index contributed by atoms with van der Waals surface area (Å²) in [6, 6.07) is 8.49. The van der Waals surface area contributed by atoms with Crippen LogP contribution in [0.15, 0.2) is 41.3 Å². The Kier molecular flexibility index (Phi) is 5.50. The van der Waals surface area contributed by atoms with Crippen molar-refractivity contribution in [1.29, 1.82) is 0 Å². The van der Waals surface area contributed by atoms with Crippen LogP contribution in [0.1, 0.15) is 17.4 Å². The van der Waals surface area contributed by atoms with Crippen molar-refractivity contribution in [1.82, 2.24) is 4.57 Å². The van der Waals surface area contributed by atoms with Gasteiger partial charge in [-0.05, 0) is 30.3 Å². The number of anilines is 1. The molecule has 1 saturated heterocycles. The molecular formula is C18H20ClF3N3O2+. The Bertz CT molecular complexity index is 866. The van der Waals surface area contributed by atoms with Gasteiger partial charge in [-0.3, -0.25) is 4.79 Å². The second kappa shape index (κ2) is 7.53. The van der Waals surface area contributed by atoms with E-state index in [0.717, 1.165) is 22.0 Å². The summed E-state index contributed by atoms with van der Waals surface area (Å²) in [6.45, 7) is 0.533. The summed E-state index contributed by atoms with van der Waals surface area (Å²) < 4.78 is 45.7. The van der Waals surface area contributed by atoms with Crippen molar-refractivity contribution >= 4 is 17.3 Å². The Morgan fingerprint density at radius 3 is 2.56 bits per heavy atom. The van der Waals surface area contributed by atoms with E-state index >= 15 is 0 Å². The number of ether oxygens (including phenoxy) is 1. The van der Waals surface area contributed by atoms with E-state index in [9.17, 15) is 18.0 Å². The molecule has 0 radical (unpaired) electrons. The number of rotatable bonds is 4. The van der Waals surface area contributed by atoms with Gasteiger partial charge >= 0.3 is 6.18 Å². The van der Waals surface area contributed by atoms with E-state index in [2.05, 4.69) is 0 Å². The Morgan fingerprint density at radius 2 is 1.96 bits per heavy atom. The molecular weight excluding hydrogens is 383 g/mol. The van der Waals surface area contributed by atoms with Gasteiger partial charge in [0.1, 0.15) is 17.7 Å². The molecule has 0 saturated carbocycles. The maximum absolute atomic E-state index is 13.0. The first-order chi connectivity index (χ1) is 12.6. The van der Waals surface area contributed by atoms with Crippen LogP contribution in [0.5, 0.6) is 0 Å². The molecule has 0 unspecified atom stereocenters. The number of alkyl halides is 3. The number of aromatic nitrogens is 1. The Hall–Kier alpha value is -2.03. The van der Waals surface area contributed by atoms with Gasteiger partial charge in [0.05, 0.1) is 12.1 Å². The fourth-order valence-corrected chi connectivity index (χ4v) is 3.22. The lowest BCUT2D eigenvalue weighted by molar-refractivity contribution is -0.697. The first-order valence-corrected chi connectivity index (χ1v) is 8.76. The average molecular weight is 403 g/mol. The van der Waals surface area contributed by atoms with Gasteiger partial charge in [-0.15, -0.1) is 0 Å². The largest absolute Gasteiger partial charge is 0.417 e. The van der Waals surface area contributed by atoms with Gasteiger partial charge in [0.2, 0.25) is 6.23 Å². The van der Waals surface area contributed by atoms with Gasteiger partial charge < -0.3 is 19.5 Å². The Morgan fingerprint density at radius 1 is 1.30 bits per heavy atom. The highest BCUT2D eigenvalue weighted by molar-refractivity contribution is 6.30. The number of hydrogen-bond acceptors (Lipinski definition) is 3. The minimum Gasteiger partial charge on any atom is -0.378 e. The number of benzene rings is 1. The summed E-state index contributed by atoms with van der Waals surface area (Å²) in [5.41, 5.74) is 0.396. The number of halogens is 4. The van der Waals surface area contributed by atoms with Crippen molar-refractivity contribution < 1.29 is 23.2 Å². The summed E-state index contributed by atoms with van der Waals surface area (Å²) in [7, 11) is 3.89. The fourth-order valence-electron chi connectivity index (χ4n) is 3.00. The van der Waals surface area contributed by atoms with E-state index in [-0.39, 0.29) is 12.8 Å². The summed E-state index contributed by atoms with van der Waals surface area (Å²) in [5, 5.41) is 1.50. The van der Waals surface area contributed by atoms with E-state index < -0.39 is 28.4 Å². The molecule has 9 heteroatoms. The molecule has 0 aliphatic carbocycles. The molecule has 0 spiro atoms. The van der Waals surface area contributed by atoms with E-state index in [1.54, 1.807) is 0 Å². The number of pyridine rings is 1. The van der Waals surface area contributed by atoms with E-state index in [1.165, 1.54) is 0 Å². The second-order valence-corrected chi connectivity index (χ2v) is 7.08. The minimum atomic E-state index is -4.57. The van der Waals surface area contributed by atoms with Crippen LogP contribution in [0.3, 0.4) is 0 Å². The van der Waals surface area contributed by atoms with E-state index in [1.807, 2.05) is 48.6 Å². The van der Waals surface area contributed by atoms with Gasteiger partial charge in [0.25, 0.3) is 5.56 Å². The SMILES string of the molecule is CN(C)c1ccc([C@@H]2[NH2+]C[C@@H](Cn3cc(C(F)(F)F)cc(Cl)c3=O)O2)cc1. The molecule has 2 N–H and O–H groups in total. The van der Waals surface area contributed by atoms with Crippen LogP contribution in [0.25, 0.3) is 0 Å². The van der Waals surface area contributed by atoms with Gasteiger partial charge in [-0.25, -0.2) is 0 Å². The molecule has 1 fully saturated rings. The zero-order valence-corrected chi connectivity index (χ0v) is 15.6. The lowest BCUT2D eigenvalue weighted by Gasteiger charge is -2.15. The lowest BCUT2D eigenvalue weighted by atomic mass is 10.2. The topological polar surface area (TPSA) is 51.1 Å². The van der Waals surface area contributed by atoms with Crippen molar-refractivity contribution in [3.05, 3.63) is 63.0 Å². The van der Waals surface area contributed by atoms with Gasteiger partial charge in [-0.2, -0.15) is 13.2 Å². The van der Waals surface area contributed by atoms with Crippen LogP contribution in [0.2, 0.25) is 5.02 Å². The fraction of sp³-hybridized carbons (Fsp3) is 0.389. The molecule has 146 valence electrons. The van der Waals surface area contributed by atoms with Crippen LogP contribution >= 0.6 is 11.6 Å². The van der Waals surface area contributed by atoms with E-state index in [4.69, 9.17) is 16.3 Å². The van der Waals surface area contributed by atoms with Crippen molar-refractivity contribution in [3.8, 4) is 0 Å². The molecule has 2 heterocycles. The van der Waals surface area contributed by atoms with Crippen molar-refractivity contribution in [2.24, 2.45) is 0 Å². The molecule has 5 nitrogen and oxygen atoms in total. The third-order valence-electron chi connectivity index (χ3n) is 4.46. The van der Waals surface area contributed by atoms with Crippen LogP contribution in [0.4, 0.5) is 18.9 Å². The van der Waals surface area contributed by atoms with Crippen LogP contribution in [-0.4, -0.2) is 31.3 Å². The molecule has 0 amide bonds.